The molecule has 1 aromatic heterocycles. The van der Waals surface area contributed by atoms with Crippen molar-refractivity contribution in [1.82, 2.24) is 5.32 Å². The standard InChI is InChI=1S/C13H13BrINS/c1-2-16-13(10-7-17-8-11(10)14)9-5-3-4-6-12(9)15/h3-8,13,16H,2H2,1H3. The summed E-state index contributed by atoms with van der Waals surface area (Å²) in [6, 6.07) is 8.80. The van der Waals surface area contributed by atoms with E-state index in [0.717, 1.165) is 6.54 Å². The van der Waals surface area contributed by atoms with Gasteiger partial charge in [-0.1, -0.05) is 25.1 Å². The van der Waals surface area contributed by atoms with E-state index in [4.69, 9.17) is 0 Å². The number of hydrogen-bond acceptors (Lipinski definition) is 2. The Kier molecular flexibility index (Phi) is 5.02. The monoisotopic (exact) mass is 421 g/mol. The fraction of sp³-hybridized carbons (Fsp3) is 0.231. The van der Waals surface area contributed by atoms with Crippen LogP contribution in [0, 0.1) is 3.57 Å². The topological polar surface area (TPSA) is 12.0 Å². The third-order valence-corrected chi connectivity index (χ3v) is 5.31. The van der Waals surface area contributed by atoms with Gasteiger partial charge < -0.3 is 5.32 Å². The molecule has 2 rings (SSSR count). The van der Waals surface area contributed by atoms with Crippen LogP contribution in [0.2, 0.25) is 0 Å². The van der Waals surface area contributed by atoms with Crippen LogP contribution in [0.5, 0.6) is 0 Å². The summed E-state index contributed by atoms with van der Waals surface area (Å²) in [7, 11) is 0. The highest BCUT2D eigenvalue weighted by Gasteiger charge is 2.18. The second-order valence-electron chi connectivity index (χ2n) is 3.69. The number of nitrogens with one attached hydrogen (secondary N) is 1. The van der Waals surface area contributed by atoms with Crippen molar-refractivity contribution in [1.29, 1.82) is 0 Å². The van der Waals surface area contributed by atoms with Gasteiger partial charge in [0.15, 0.2) is 0 Å². The van der Waals surface area contributed by atoms with E-state index < -0.39 is 0 Å². The predicted octanol–water partition coefficient (Wildman–Crippen LogP) is 4.81. The SMILES string of the molecule is CCNC(c1cscc1Br)c1ccccc1I. The van der Waals surface area contributed by atoms with Crippen LogP contribution in [0.3, 0.4) is 0 Å². The zero-order valence-corrected chi connectivity index (χ0v) is 14.0. The maximum atomic E-state index is 3.63. The molecule has 0 aliphatic rings. The van der Waals surface area contributed by atoms with Gasteiger partial charge in [0, 0.05) is 13.4 Å². The van der Waals surface area contributed by atoms with Crippen LogP contribution in [0.4, 0.5) is 0 Å². The molecule has 1 aromatic carbocycles. The zero-order chi connectivity index (χ0) is 12.3. The molecule has 1 heterocycles. The first-order valence-electron chi connectivity index (χ1n) is 5.43. The van der Waals surface area contributed by atoms with Crippen molar-refractivity contribution in [3.8, 4) is 0 Å². The smallest absolute Gasteiger partial charge is 0.0606 e. The Bertz CT molecular complexity index is 498. The summed E-state index contributed by atoms with van der Waals surface area (Å²) in [4.78, 5) is 0. The van der Waals surface area contributed by atoms with E-state index in [1.165, 1.54) is 19.2 Å². The van der Waals surface area contributed by atoms with Gasteiger partial charge in [-0.25, -0.2) is 0 Å². The molecule has 0 aliphatic carbocycles. The van der Waals surface area contributed by atoms with E-state index in [1.54, 1.807) is 11.3 Å². The molecule has 2 aromatic rings. The molecular weight excluding hydrogens is 409 g/mol. The Morgan fingerprint density at radius 1 is 1.29 bits per heavy atom. The van der Waals surface area contributed by atoms with Gasteiger partial charge in [-0.3, -0.25) is 0 Å². The van der Waals surface area contributed by atoms with Crippen molar-refractivity contribution in [2.45, 2.75) is 13.0 Å². The molecule has 0 saturated carbocycles. The van der Waals surface area contributed by atoms with Crippen molar-refractivity contribution in [2.75, 3.05) is 6.54 Å². The normalized spacial score (nSPS) is 12.6. The zero-order valence-electron chi connectivity index (χ0n) is 9.41. The Morgan fingerprint density at radius 3 is 2.65 bits per heavy atom. The van der Waals surface area contributed by atoms with Gasteiger partial charge in [-0.05, 0) is 67.6 Å². The minimum Gasteiger partial charge on any atom is -0.306 e. The number of rotatable bonds is 4. The maximum absolute atomic E-state index is 3.63. The molecule has 0 spiro atoms. The van der Waals surface area contributed by atoms with E-state index >= 15 is 0 Å². The van der Waals surface area contributed by atoms with Crippen molar-refractivity contribution >= 4 is 49.9 Å². The average Bonchev–Trinajstić information content (AvgIpc) is 2.74. The highest BCUT2D eigenvalue weighted by molar-refractivity contribution is 14.1. The second-order valence-corrected chi connectivity index (χ2v) is 6.45. The fourth-order valence-corrected chi connectivity index (χ4v) is 4.05. The molecule has 0 amide bonds. The molecule has 1 nitrogen and oxygen atoms in total. The molecule has 90 valence electrons. The van der Waals surface area contributed by atoms with Gasteiger partial charge in [0.2, 0.25) is 0 Å². The van der Waals surface area contributed by atoms with Crippen molar-refractivity contribution in [3.05, 3.63) is 54.2 Å². The van der Waals surface area contributed by atoms with Crippen molar-refractivity contribution < 1.29 is 0 Å². The lowest BCUT2D eigenvalue weighted by Gasteiger charge is -2.19. The number of halogens is 2. The third kappa shape index (κ3) is 3.10. The average molecular weight is 422 g/mol. The van der Waals surface area contributed by atoms with Crippen LogP contribution in [0.25, 0.3) is 0 Å². The molecule has 0 saturated heterocycles. The second kappa shape index (κ2) is 6.31. The van der Waals surface area contributed by atoms with Gasteiger partial charge in [0.05, 0.1) is 6.04 Å². The summed E-state index contributed by atoms with van der Waals surface area (Å²) in [6.07, 6.45) is 0. The summed E-state index contributed by atoms with van der Waals surface area (Å²) in [5, 5.41) is 7.90. The molecular formula is C13H13BrINS. The van der Waals surface area contributed by atoms with E-state index in [2.05, 4.69) is 85.8 Å². The third-order valence-electron chi connectivity index (χ3n) is 2.58. The molecule has 1 N–H and O–H groups in total. The van der Waals surface area contributed by atoms with Crippen molar-refractivity contribution in [2.24, 2.45) is 0 Å². The molecule has 0 aliphatic heterocycles. The predicted molar refractivity (Wildman–Crippen MR) is 86.7 cm³/mol. The highest BCUT2D eigenvalue weighted by atomic mass is 127. The van der Waals surface area contributed by atoms with Crippen LogP contribution in [-0.4, -0.2) is 6.54 Å². The van der Waals surface area contributed by atoms with E-state index in [-0.39, 0.29) is 6.04 Å². The number of thiophene rings is 1. The molecule has 4 heteroatoms. The van der Waals surface area contributed by atoms with E-state index in [1.807, 2.05) is 0 Å². The van der Waals surface area contributed by atoms with Crippen molar-refractivity contribution in [3.63, 3.8) is 0 Å². The van der Waals surface area contributed by atoms with Gasteiger partial charge in [-0.2, -0.15) is 11.3 Å². The summed E-state index contributed by atoms with van der Waals surface area (Å²) in [5.41, 5.74) is 2.66. The minimum atomic E-state index is 0.272. The maximum Gasteiger partial charge on any atom is 0.0606 e. The van der Waals surface area contributed by atoms with Crippen LogP contribution in [0.1, 0.15) is 24.1 Å². The summed E-state index contributed by atoms with van der Waals surface area (Å²) >= 11 is 7.76. The van der Waals surface area contributed by atoms with Crippen LogP contribution in [-0.2, 0) is 0 Å². The Morgan fingerprint density at radius 2 is 2.06 bits per heavy atom. The Balaban J connectivity index is 2.43. The Hall–Kier alpha value is 0.0900. The molecule has 17 heavy (non-hydrogen) atoms. The Labute approximate surface area is 128 Å². The fourth-order valence-electron chi connectivity index (χ4n) is 1.80. The van der Waals surface area contributed by atoms with Gasteiger partial charge >= 0.3 is 0 Å². The first kappa shape index (κ1) is 13.5. The first-order valence-corrected chi connectivity index (χ1v) is 8.25. The highest BCUT2D eigenvalue weighted by Crippen LogP contribution is 2.33. The van der Waals surface area contributed by atoms with Crippen LogP contribution in [0.15, 0.2) is 39.5 Å². The van der Waals surface area contributed by atoms with Crippen LogP contribution >= 0.6 is 49.9 Å². The number of benzene rings is 1. The number of hydrogen-bond donors (Lipinski definition) is 1. The quantitative estimate of drug-likeness (QED) is 0.698. The van der Waals surface area contributed by atoms with Crippen LogP contribution < -0.4 is 5.32 Å². The molecule has 1 unspecified atom stereocenters. The lowest BCUT2D eigenvalue weighted by molar-refractivity contribution is 0.628. The molecule has 0 bridgehead atoms. The summed E-state index contributed by atoms with van der Waals surface area (Å²) in [5.74, 6) is 0. The molecule has 0 radical (unpaired) electrons. The van der Waals surface area contributed by atoms with Gasteiger partial charge in [-0.15, -0.1) is 0 Å². The lowest BCUT2D eigenvalue weighted by Crippen LogP contribution is -2.22. The van der Waals surface area contributed by atoms with Gasteiger partial charge in [0.1, 0.15) is 0 Å². The van der Waals surface area contributed by atoms with E-state index in [0.29, 0.717) is 0 Å². The lowest BCUT2D eigenvalue weighted by atomic mass is 10.0. The minimum absolute atomic E-state index is 0.272. The summed E-state index contributed by atoms with van der Waals surface area (Å²) in [6.45, 7) is 3.10. The van der Waals surface area contributed by atoms with E-state index in [9.17, 15) is 0 Å². The van der Waals surface area contributed by atoms with Gasteiger partial charge in [0.25, 0.3) is 0 Å². The summed E-state index contributed by atoms with van der Waals surface area (Å²) < 4.78 is 2.49. The molecule has 1 atom stereocenters. The first-order chi connectivity index (χ1) is 8.24. The largest absolute Gasteiger partial charge is 0.306 e. The molecule has 0 fully saturated rings.